The van der Waals surface area contributed by atoms with Crippen molar-refractivity contribution >= 4 is 17.6 Å². The molecule has 0 aliphatic heterocycles. The van der Waals surface area contributed by atoms with Crippen molar-refractivity contribution in [3.63, 3.8) is 0 Å². The van der Waals surface area contributed by atoms with Gasteiger partial charge in [0.25, 0.3) is 0 Å². The number of anilines is 1. The molecule has 0 aliphatic rings. The summed E-state index contributed by atoms with van der Waals surface area (Å²) in [4.78, 5) is 26.0. The summed E-state index contributed by atoms with van der Waals surface area (Å²) < 4.78 is 5.22. The van der Waals surface area contributed by atoms with Gasteiger partial charge in [-0.3, -0.25) is 4.79 Å². The fraction of sp³-hybridized carbons (Fsp3) is 0.556. The van der Waals surface area contributed by atoms with Crippen LogP contribution >= 0.6 is 0 Å². The quantitative estimate of drug-likeness (QED) is 0.668. The van der Waals surface area contributed by atoms with Gasteiger partial charge in [-0.15, -0.1) is 0 Å². The molecule has 1 atom stereocenters. The van der Waals surface area contributed by atoms with E-state index in [1.807, 2.05) is 33.2 Å². The van der Waals surface area contributed by atoms with Crippen molar-refractivity contribution in [2.24, 2.45) is 5.92 Å². The Kier molecular flexibility index (Phi) is 8.21. The second kappa shape index (κ2) is 9.88. The Morgan fingerprint density at radius 1 is 1.20 bits per heavy atom. The first-order valence-electron chi connectivity index (χ1n) is 8.37. The number of amides is 3. The molecule has 7 heteroatoms. The molecule has 0 radical (unpaired) electrons. The minimum atomic E-state index is -0.362. The van der Waals surface area contributed by atoms with E-state index in [-0.39, 0.29) is 24.5 Å². The molecule has 0 heterocycles. The summed E-state index contributed by atoms with van der Waals surface area (Å²) in [6.45, 7) is 6.54. The summed E-state index contributed by atoms with van der Waals surface area (Å²) in [6, 6.07) is 5.38. The first-order valence-corrected chi connectivity index (χ1v) is 8.37. The van der Waals surface area contributed by atoms with Gasteiger partial charge < -0.3 is 25.6 Å². The number of urea groups is 1. The van der Waals surface area contributed by atoms with Crippen molar-refractivity contribution in [1.82, 2.24) is 15.5 Å². The lowest BCUT2D eigenvalue weighted by molar-refractivity contribution is -0.115. The third kappa shape index (κ3) is 7.01. The van der Waals surface area contributed by atoms with Crippen LogP contribution in [0.3, 0.4) is 0 Å². The zero-order chi connectivity index (χ0) is 19.0. The van der Waals surface area contributed by atoms with E-state index in [4.69, 9.17) is 4.74 Å². The van der Waals surface area contributed by atoms with Crippen molar-refractivity contribution in [3.8, 4) is 5.75 Å². The number of aryl methyl sites for hydroxylation is 1. The van der Waals surface area contributed by atoms with E-state index in [0.29, 0.717) is 23.9 Å². The molecular weight excluding hydrogens is 320 g/mol. The number of nitrogens with zero attached hydrogens (tertiary/aromatic N) is 1. The van der Waals surface area contributed by atoms with Gasteiger partial charge in [-0.2, -0.15) is 0 Å². The van der Waals surface area contributed by atoms with Gasteiger partial charge in [0.2, 0.25) is 5.91 Å². The Hall–Kier alpha value is -2.28. The molecule has 0 fully saturated rings. The minimum Gasteiger partial charge on any atom is -0.495 e. The highest BCUT2D eigenvalue weighted by atomic mass is 16.5. The van der Waals surface area contributed by atoms with E-state index >= 15 is 0 Å². The summed E-state index contributed by atoms with van der Waals surface area (Å²) in [6.07, 6.45) is 0. The fourth-order valence-corrected chi connectivity index (χ4v) is 2.55. The van der Waals surface area contributed by atoms with Gasteiger partial charge in [0.15, 0.2) is 0 Å². The Labute approximate surface area is 150 Å². The highest BCUT2D eigenvalue weighted by Gasteiger charge is 2.16. The van der Waals surface area contributed by atoms with Crippen LogP contribution in [-0.4, -0.2) is 57.2 Å². The molecule has 0 spiro atoms. The number of likely N-dealkylation sites (N-methyl/N-ethyl adjacent to an activating group) is 1. The number of rotatable bonds is 8. The molecule has 7 nitrogen and oxygen atoms in total. The van der Waals surface area contributed by atoms with Crippen LogP contribution in [0.2, 0.25) is 0 Å². The fourth-order valence-electron chi connectivity index (χ4n) is 2.55. The topological polar surface area (TPSA) is 82.7 Å². The van der Waals surface area contributed by atoms with Crippen molar-refractivity contribution < 1.29 is 14.3 Å². The number of ether oxygens (including phenoxy) is 1. The monoisotopic (exact) mass is 350 g/mol. The summed E-state index contributed by atoms with van der Waals surface area (Å²) in [7, 11) is 5.50. The van der Waals surface area contributed by atoms with E-state index in [1.165, 1.54) is 0 Å². The standard InChI is InChI=1S/C18H30N4O3/c1-12(2)15(22(4)5)10-19-18(24)20-11-17(23)21-14-9-13(3)7-8-16(14)25-6/h7-9,12,15H,10-11H2,1-6H3,(H,21,23)(H2,19,20,24)/t15-/m0/s1. The van der Waals surface area contributed by atoms with Gasteiger partial charge in [-0.05, 0) is 44.6 Å². The summed E-state index contributed by atoms with van der Waals surface area (Å²) in [5, 5.41) is 8.11. The lowest BCUT2D eigenvalue weighted by atomic mass is 10.0. The van der Waals surface area contributed by atoms with Crippen LogP contribution in [0.4, 0.5) is 10.5 Å². The van der Waals surface area contributed by atoms with Crippen LogP contribution in [0.25, 0.3) is 0 Å². The summed E-state index contributed by atoms with van der Waals surface area (Å²) in [5.74, 6) is 0.675. The largest absolute Gasteiger partial charge is 0.495 e. The van der Waals surface area contributed by atoms with E-state index in [1.54, 1.807) is 13.2 Å². The smallest absolute Gasteiger partial charge is 0.315 e. The van der Waals surface area contributed by atoms with Gasteiger partial charge in [0.1, 0.15) is 5.75 Å². The predicted molar refractivity (Wildman–Crippen MR) is 100 cm³/mol. The molecule has 1 aromatic rings. The molecule has 3 amide bonds. The zero-order valence-corrected chi connectivity index (χ0v) is 16.0. The number of carbonyl (C=O) groups is 2. The summed E-state index contributed by atoms with van der Waals surface area (Å²) >= 11 is 0. The molecular formula is C18H30N4O3. The molecule has 0 bridgehead atoms. The lowest BCUT2D eigenvalue weighted by Crippen LogP contribution is -2.47. The molecule has 25 heavy (non-hydrogen) atoms. The third-order valence-electron chi connectivity index (χ3n) is 3.94. The highest BCUT2D eigenvalue weighted by molar-refractivity contribution is 5.95. The van der Waals surface area contributed by atoms with Crippen LogP contribution in [0.15, 0.2) is 18.2 Å². The number of nitrogens with one attached hydrogen (secondary N) is 3. The van der Waals surface area contributed by atoms with Crippen molar-refractivity contribution in [2.75, 3.05) is 39.6 Å². The highest BCUT2D eigenvalue weighted by Crippen LogP contribution is 2.24. The predicted octanol–water partition coefficient (Wildman–Crippen LogP) is 1.83. The first kappa shape index (κ1) is 20.8. The van der Waals surface area contributed by atoms with E-state index in [9.17, 15) is 9.59 Å². The minimum absolute atomic E-state index is 0.114. The van der Waals surface area contributed by atoms with Crippen LogP contribution in [-0.2, 0) is 4.79 Å². The molecule has 0 aliphatic carbocycles. The Balaban J connectivity index is 2.46. The summed E-state index contributed by atoms with van der Waals surface area (Å²) in [5.41, 5.74) is 1.59. The van der Waals surface area contributed by atoms with Crippen molar-refractivity contribution in [1.29, 1.82) is 0 Å². The zero-order valence-electron chi connectivity index (χ0n) is 16.0. The molecule has 1 aromatic carbocycles. The maximum absolute atomic E-state index is 12.0. The lowest BCUT2D eigenvalue weighted by Gasteiger charge is -2.28. The Bertz CT molecular complexity index is 580. The third-order valence-corrected chi connectivity index (χ3v) is 3.94. The van der Waals surface area contributed by atoms with Gasteiger partial charge in [-0.25, -0.2) is 4.79 Å². The molecule has 0 saturated heterocycles. The van der Waals surface area contributed by atoms with Crippen LogP contribution in [0.1, 0.15) is 19.4 Å². The molecule has 3 N–H and O–H groups in total. The van der Waals surface area contributed by atoms with Crippen LogP contribution < -0.4 is 20.7 Å². The van der Waals surface area contributed by atoms with Crippen LogP contribution in [0.5, 0.6) is 5.75 Å². The number of hydrogen-bond acceptors (Lipinski definition) is 4. The van der Waals surface area contributed by atoms with Gasteiger partial charge >= 0.3 is 6.03 Å². The van der Waals surface area contributed by atoms with Gasteiger partial charge in [0.05, 0.1) is 19.3 Å². The average Bonchev–Trinajstić information content (AvgIpc) is 2.52. The molecule has 0 aromatic heterocycles. The number of methoxy groups -OCH3 is 1. The second-order valence-corrected chi connectivity index (χ2v) is 6.59. The number of benzene rings is 1. The van der Waals surface area contributed by atoms with Crippen LogP contribution in [0, 0.1) is 12.8 Å². The van der Waals surface area contributed by atoms with Gasteiger partial charge in [-0.1, -0.05) is 19.9 Å². The van der Waals surface area contributed by atoms with Crippen molar-refractivity contribution in [2.45, 2.75) is 26.8 Å². The number of carbonyl (C=O) groups excluding carboxylic acids is 2. The second-order valence-electron chi connectivity index (χ2n) is 6.59. The Morgan fingerprint density at radius 2 is 1.88 bits per heavy atom. The average molecular weight is 350 g/mol. The number of hydrogen-bond donors (Lipinski definition) is 3. The van der Waals surface area contributed by atoms with E-state index < -0.39 is 0 Å². The SMILES string of the molecule is COc1ccc(C)cc1NC(=O)CNC(=O)NC[C@@H](C(C)C)N(C)C. The first-order chi connectivity index (χ1) is 11.7. The van der Waals surface area contributed by atoms with Crippen molar-refractivity contribution in [3.05, 3.63) is 23.8 Å². The molecule has 0 unspecified atom stereocenters. The van der Waals surface area contributed by atoms with E-state index in [0.717, 1.165) is 5.56 Å². The van der Waals surface area contributed by atoms with Gasteiger partial charge in [0, 0.05) is 12.6 Å². The molecule has 1 rings (SSSR count). The molecule has 0 saturated carbocycles. The maximum Gasteiger partial charge on any atom is 0.315 e. The normalized spacial score (nSPS) is 12.0. The van der Waals surface area contributed by atoms with E-state index in [2.05, 4.69) is 34.7 Å². The Morgan fingerprint density at radius 3 is 2.44 bits per heavy atom. The molecule has 140 valence electrons. The maximum atomic E-state index is 12.0.